The van der Waals surface area contributed by atoms with Gasteiger partial charge < -0.3 is 15.8 Å². The van der Waals surface area contributed by atoms with Crippen molar-refractivity contribution in [2.24, 2.45) is 5.41 Å². The van der Waals surface area contributed by atoms with Gasteiger partial charge in [-0.15, -0.1) is 0 Å². The lowest BCUT2D eigenvalue weighted by Crippen LogP contribution is -2.30. The molecule has 0 amide bonds. The van der Waals surface area contributed by atoms with Crippen LogP contribution >= 0.6 is 0 Å². The molecule has 2 aromatic carbocycles. The number of methoxy groups -OCH3 is 1. The second-order valence-electron chi connectivity index (χ2n) is 6.41. The monoisotopic (exact) mass is 286 g/mol. The zero-order valence-corrected chi connectivity index (χ0v) is 13.3. The van der Waals surface area contributed by atoms with E-state index in [0.717, 1.165) is 37.4 Å². The van der Waals surface area contributed by atoms with Gasteiger partial charge in [0.15, 0.2) is 0 Å². The van der Waals surface area contributed by atoms with Gasteiger partial charge in [-0.05, 0) is 40.3 Å². The zero-order chi connectivity index (χ0) is 15.3. The number of anilines is 1. The number of nitrogen functional groups attached to an aromatic ring is 1. The van der Waals surface area contributed by atoms with Crippen LogP contribution in [-0.2, 0) is 11.3 Å². The van der Waals surface area contributed by atoms with Gasteiger partial charge in [-0.25, -0.2) is 0 Å². The van der Waals surface area contributed by atoms with Gasteiger partial charge in [-0.2, -0.15) is 0 Å². The number of ether oxygens (including phenoxy) is 1. The first-order valence-corrected chi connectivity index (χ1v) is 7.49. The second-order valence-corrected chi connectivity index (χ2v) is 6.41. The third-order valence-electron chi connectivity index (χ3n) is 3.91. The first-order valence-electron chi connectivity index (χ1n) is 7.49. The van der Waals surface area contributed by atoms with E-state index in [1.807, 2.05) is 6.07 Å². The van der Waals surface area contributed by atoms with E-state index in [2.05, 4.69) is 49.5 Å². The van der Waals surface area contributed by atoms with Gasteiger partial charge in [0, 0.05) is 32.5 Å². The summed E-state index contributed by atoms with van der Waals surface area (Å²) in [5, 5.41) is 5.95. The lowest BCUT2D eigenvalue weighted by molar-refractivity contribution is 0.150. The average Bonchev–Trinajstić information content (AvgIpc) is 2.45. The summed E-state index contributed by atoms with van der Waals surface area (Å²) in [6.45, 7) is 7.05. The molecule has 0 aliphatic heterocycles. The highest BCUT2D eigenvalue weighted by Gasteiger charge is 2.17. The molecule has 3 heteroatoms. The molecule has 114 valence electrons. The fourth-order valence-corrected chi connectivity index (χ4v) is 2.46. The number of rotatable bonds is 7. The molecule has 0 atom stereocenters. The highest BCUT2D eigenvalue weighted by atomic mass is 16.5. The van der Waals surface area contributed by atoms with Crippen molar-refractivity contribution < 1.29 is 4.74 Å². The third kappa shape index (κ3) is 4.45. The van der Waals surface area contributed by atoms with Crippen molar-refractivity contribution in [3.8, 4) is 0 Å². The molecule has 0 fully saturated rings. The van der Waals surface area contributed by atoms with E-state index < -0.39 is 0 Å². The van der Waals surface area contributed by atoms with Gasteiger partial charge in [0.2, 0.25) is 0 Å². The molecule has 2 rings (SSSR count). The fraction of sp³-hybridized carbons (Fsp3) is 0.444. The molecule has 2 aromatic rings. The Morgan fingerprint density at radius 3 is 2.48 bits per heavy atom. The fourth-order valence-electron chi connectivity index (χ4n) is 2.46. The molecule has 3 nitrogen and oxygen atoms in total. The SMILES string of the molecule is COCCC(C)(C)CNCc1cc2ccccc2cc1N. The highest BCUT2D eigenvalue weighted by molar-refractivity contribution is 5.86. The van der Waals surface area contributed by atoms with Gasteiger partial charge in [-0.3, -0.25) is 0 Å². The molecule has 0 heterocycles. The molecule has 0 unspecified atom stereocenters. The van der Waals surface area contributed by atoms with Gasteiger partial charge >= 0.3 is 0 Å². The van der Waals surface area contributed by atoms with Crippen molar-refractivity contribution >= 4 is 16.5 Å². The van der Waals surface area contributed by atoms with Crippen molar-refractivity contribution in [3.05, 3.63) is 42.0 Å². The predicted molar refractivity (Wildman–Crippen MR) is 90.3 cm³/mol. The summed E-state index contributed by atoms with van der Waals surface area (Å²) in [6, 6.07) is 12.6. The van der Waals surface area contributed by atoms with Crippen molar-refractivity contribution in [2.75, 3.05) is 26.0 Å². The van der Waals surface area contributed by atoms with E-state index in [0.29, 0.717) is 0 Å². The van der Waals surface area contributed by atoms with Crippen LogP contribution in [0.15, 0.2) is 36.4 Å². The molecule has 0 radical (unpaired) electrons. The maximum Gasteiger partial charge on any atom is 0.0467 e. The summed E-state index contributed by atoms with van der Waals surface area (Å²) < 4.78 is 5.16. The summed E-state index contributed by atoms with van der Waals surface area (Å²) in [5.41, 5.74) is 8.40. The molecule has 0 spiro atoms. The molecule has 0 saturated carbocycles. The Labute approximate surface area is 127 Å². The quantitative estimate of drug-likeness (QED) is 0.765. The molecule has 0 aromatic heterocycles. The Kier molecular flexibility index (Phi) is 5.21. The highest BCUT2D eigenvalue weighted by Crippen LogP contribution is 2.23. The van der Waals surface area contributed by atoms with Crippen LogP contribution in [0.4, 0.5) is 5.69 Å². The Morgan fingerprint density at radius 1 is 1.14 bits per heavy atom. The summed E-state index contributed by atoms with van der Waals surface area (Å²) in [5.74, 6) is 0. The minimum Gasteiger partial charge on any atom is -0.398 e. The van der Waals surface area contributed by atoms with Crippen LogP contribution in [0.5, 0.6) is 0 Å². The smallest absolute Gasteiger partial charge is 0.0467 e. The van der Waals surface area contributed by atoms with Crippen molar-refractivity contribution in [2.45, 2.75) is 26.8 Å². The van der Waals surface area contributed by atoms with Crippen LogP contribution in [0.2, 0.25) is 0 Å². The van der Waals surface area contributed by atoms with Crippen LogP contribution in [-0.4, -0.2) is 20.3 Å². The van der Waals surface area contributed by atoms with Crippen LogP contribution < -0.4 is 11.1 Å². The van der Waals surface area contributed by atoms with Gasteiger partial charge in [0.05, 0.1) is 0 Å². The third-order valence-corrected chi connectivity index (χ3v) is 3.91. The molecule has 21 heavy (non-hydrogen) atoms. The molecule has 0 aliphatic rings. The first kappa shape index (κ1) is 15.8. The largest absolute Gasteiger partial charge is 0.398 e. The summed E-state index contributed by atoms with van der Waals surface area (Å²) in [7, 11) is 1.75. The number of nitrogens with two attached hydrogens (primary N) is 1. The van der Waals surface area contributed by atoms with E-state index in [1.165, 1.54) is 10.8 Å². The number of benzene rings is 2. The van der Waals surface area contributed by atoms with Crippen molar-refractivity contribution in [1.29, 1.82) is 0 Å². The van der Waals surface area contributed by atoms with Crippen LogP contribution in [0.25, 0.3) is 10.8 Å². The number of hydrogen-bond acceptors (Lipinski definition) is 3. The minimum atomic E-state index is 0.224. The minimum absolute atomic E-state index is 0.224. The van der Waals surface area contributed by atoms with Crippen LogP contribution in [0, 0.1) is 5.41 Å². The maximum atomic E-state index is 6.16. The van der Waals surface area contributed by atoms with Gasteiger partial charge in [0.1, 0.15) is 0 Å². The lowest BCUT2D eigenvalue weighted by atomic mass is 9.89. The van der Waals surface area contributed by atoms with E-state index in [4.69, 9.17) is 10.5 Å². The number of nitrogens with one attached hydrogen (secondary N) is 1. The van der Waals surface area contributed by atoms with E-state index >= 15 is 0 Å². The topological polar surface area (TPSA) is 47.3 Å². The van der Waals surface area contributed by atoms with E-state index in [-0.39, 0.29) is 5.41 Å². The Bertz CT molecular complexity index is 593. The maximum absolute atomic E-state index is 6.16. The van der Waals surface area contributed by atoms with Crippen LogP contribution in [0.3, 0.4) is 0 Å². The summed E-state index contributed by atoms with van der Waals surface area (Å²) >= 11 is 0. The lowest BCUT2D eigenvalue weighted by Gasteiger charge is -2.25. The average molecular weight is 286 g/mol. The van der Waals surface area contributed by atoms with Crippen molar-refractivity contribution in [1.82, 2.24) is 5.32 Å². The van der Waals surface area contributed by atoms with Gasteiger partial charge in [0.25, 0.3) is 0 Å². The number of hydrogen-bond donors (Lipinski definition) is 2. The molecule has 0 bridgehead atoms. The molecular formula is C18H26N2O. The predicted octanol–water partition coefficient (Wildman–Crippen LogP) is 3.57. The summed E-state index contributed by atoms with van der Waals surface area (Å²) in [4.78, 5) is 0. The van der Waals surface area contributed by atoms with Crippen LogP contribution in [0.1, 0.15) is 25.8 Å². The Morgan fingerprint density at radius 2 is 1.81 bits per heavy atom. The standard InChI is InChI=1S/C18H26N2O/c1-18(2,8-9-21-3)13-20-12-16-10-14-6-4-5-7-15(14)11-17(16)19/h4-7,10-11,20H,8-9,12-13,19H2,1-3H3. The molecule has 0 aliphatic carbocycles. The van der Waals surface area contributed by atoms with E-state index in [1.54, 1.807) is 7.11 Å². The molecule has 0 saturated heterocycles. The van der Waals surface area contributed by atoms with Gasteiger partial charge in [-0.1, -0.05) is 38.1 Å². The zero-order valence-electron chi connectivity index (χ0n) is 13.3. The second kappa shape index (κ2) is 6.92. The first-order chi connectivity index (χ1) is 10.0. The number of fused-ring (bicyclic) bond motifs is 1. The Hall–Kier alpha value is -1.58. The summed E-state index contributed by atoms with van der Waals surface area (Å²) in [6.07, 6.45) is 1.05. The van der Waals surface area contributed by atoms with E-state index in [9.17, 15) is 0 Å². The molecular weight excluding hydrogens is 260 g/mol. The molecule has 3 N–H and O–H groups in total. The van der Waals surface area contributed by atoms with Crippen molar-refractivity contribution in [3.63, 3.8) is 0 Å². The normalized spacial score (nSPS) is 12.0. The Balaban J connectivity index is 1.98.